The number of halogens is 2. The lowest BCUT2D eigenvalue weighted by molar-refractivity contribution is 0.00262. The first-order chi connectivity index (χ1) is 18.1. The van der Waals surface area contributed by atoms with Gasteiger partial charge in [-0.15, -0.1) is 0 Å². The average Bonchev–Trinajstić information content (AvgIpc) is 2.87. The van der Waals surface area contributed by atoms with Gasteiger partial charge >= 0.3 is 0 Å². The Bertz CT molecular complexity index is 1440. The Morgan fingerprint density at radius 3 is 2.32 bits per heavy atom. The third kappa shape index (κ3) is 5.53. The molecule has 0 aliphatic rings. The minimum Gasteiger partial charge on any atom is -0.494 e. The van der Waals surface area contributed by atoms with Gasteiger partial charge in [0.15, 0.2) is 11.6 Å². The molecule has 8 heteroatoms. The van der Waals surface area contributed by atoms with Crippen LogP contribution in [0.5, 0.6) is 11.6 Å². The van der Waals surface area contributed by atoms with E-state index in [4.69, 9.17) is 14.5 Å². The van der Waals surface area contributed by atoms with E-state index in [0.29, 0.717) is 30.0 Å². The molecule has 0 saturated carbocycles. The molecule has 0 saturated heterocycles. The van der Waals surface area contributed by atoms with Crippen LogP contribution in [0.3, 0.4) is 0 Å². The maximum atomic E-state index is 16.1. The molecule has 0 aliphatic heterocycles. The maximum Gasteiger partial charge on any atom is 0.217 e. The summed E-state index contributed by atoms with van der Waals surface area (Å²) in [5.74, 6) is -1.01. The summed E-state index contributed by atoms with van der Waals surface area (Å²) in [5, 5.41) is 13.7. The molecule has 2 aromatic carbocycles. The molecule has 38 heavy (non-hydrogen) atoms. The summed E-state index contributed by atoms with van der Waals surface area (Å²) in [6.07, 6.45) is 0.309. The fourth-order valence-electron chi connectivity index (χ4n) is 5.04. The van der Waals surface area contributed by atoms with Crippen molar-refractivity contribution < 1.29 is 19.0 Å². The number of aromatic nitrogens is 2. The second kappa shape index (κ2) is 11.4. The van der Waals surface area contributed by atoms with Gasteiger partial charge in [0, 0.05) is 38.9 Å². The summed E-state index contributed by atoms with van der Waals surface area (Å²) in [7, 11) is 6.86. The predicted octanol–water partition coefficient (Wildman–Crippen LogP) is 6.14. The standard InChI is InChI=1S/C30H33BrFN3O3/c1-18-14-21(15-19(2)33-18)30(36,12-13-35(3)4)27(23-8-7-9-26(37-5)28(23)32)24-17-20-16-22(31)10-11-25(20)34-29(24)38-6/h7-11,14-17,27,36H,12-13H2,1-6H3. The Morgan fingerprint density at radius 2 is 1.68 bits per heavy atom. The lowest BCUT2D eigenvalue weighted by atomic mass is 9.71. The van der Waals surface area contributed by atoms with Crippen LogP contribution in [0.25, 0.3) is 10.9 Å². The molecule has 2 atom stereocenters. The van der Waals surface area contributed by atoms with Gasteiger partial charge in [0.2, 0.25) is 5.88 Å². The minimum atomic E-state index is -1.55. The number of pyridine rings is 2. The largest absolute Gasteiger partial charge is 0.494 e. The summed E-state index contributed by atoms with van der Waals surface area (Å²) in [6.45, 7) is 4.33. The molecule has 0 radical (unpaired) electrons. The van der Waals surface area contributed by atoms with Crippen molar-refractivity contribution in [2.24, 2.45) is 0 Å². The van der Waals surface area contributed by atoms with E-state index in [9.17, 15) is 5.11 Å². The van der Waals surface area contributed by atoms with Gasteiger partial charge in [-0.1, -0.05) is 28.1 Å². The number of benzene rings is 2. The molecule has 2 unspecified atom stereocenters. The Morgan fingerprint density at radius 1 is 0.974 bits per heavy atom. The van der Waals surface area contributed by atoms with Gasteiger partial charge in [0.1, 0.15) is 5.60 Å². The van der Waals surface area contributed by atoms with Gasteiger partial charge in [-0.25, -0.2) is 9.37 Å². The van der Waals surface area contributed by atoms with Crippen molar-refractivity contribution in [1.29, 1.82) is 0 Å². The quantitative estimate of drug-likeness (QED) is 0.256. The summed E-state index contributed by atoms with van der Waals surface area (Å²) in [4.78, 5) is 11.3. The monoisotopic (exact) mass is 581 g/mol. The van der Waals surface area contributed by atoms with Crippen LogP contribution in [-0.4, -0.2) is 54.8 Å². The van der Waals surface area contributed by atoms with E-state index in [1.165, 1.54) is 14.2 Å². The highest BCUT2D eigenvalue weighted by atomic mass is 79.9. The molecular formula is C30H33BrFN3O3. The van der Waals surface area contributed by atoms with Crippen LogP contribution < -0.4 is 9.47 Å². The van der Waals surface area contributed by atoms with Crippen LogP contribution in [0.4, 0.5) is 4.39 Å². The summed E-state index contributed by atoms with van der Waals surface area (Å²) >= 11 is 3.54. The molecule has 2 aromatic heterocycles. The van der Waals surface area contributed by atoms with Crippen LogP contribution in [-0.2, 0) is 5.60 Å². The number of ether oxygens (including phenoxy) is 2. The normalized spacial score (nSPS) is 13.9. The molecule has 0 amide bonds. The zero-order valence-electron chi connectivity index (χ0n) is 22.5. The number of methoxy groups -OCH3 is 2. The Labute approximate surface area is 231 Å². The van der Waals surface area contributed by atoms with Gasteiger partial charge in [-0.2, -0.15) is 0 Å². The van der Waals surface area contributed by atoms with Gasteiger partial charge in [0.25, 0.3) is 0 Å². The SMILES string of the molecule is COc1cccc(C(c2cc3cc(Br)ccc3nc2OC)C(O)(CCN(C)C)c2cc(C)nc(C)c2)c1F. The van der Waals surface area contributed by atoms with Crippen molar-refractivity contribution in [3.8, 4) is 11.6 Å². The number of aryl methyl sites for hydroxylation is 2. The molecule has 0 aliphatic carbocycles. The van der Waals surface area contributed by atoms with Crippen LogP contribution in [0.15, 0.2) is 59.1 Å². The first-order valence-corrected chi connectivity index (χ1v) is 13.2. The van der Waals surface area contributed by atoms with E-state index in [1.807, 2.05) is 69.2 Å². The number of aliphatic hydroxyl groups is 1. The molecule has 0 spiro atoms. The third-order valence-electron chi connectivity index (χ3n) is 6.80. The van der Waals surface area contributed by atoms with Gasteiger partial charge < -0.3 is 19.5 Å². The first-order valence-electron chi connectivity index (χ1n) is 12.4. The molecule has 0 bridgehead atoms. The van der Waals surface area contributed by atoms with Crippen molar-refractivity contribution in [2.75, 3.05) is 34.9 Å². The van der Waals surface area contributed by atoms with E-state index in [1.54, 1.807) is 18.2 Å². The highest BCUT2D eigenvalue weighted by Crippen LogP contribution is 2.49. The fourth-order valence-corrected chi connectivity index (χ4v) is 5.42. The van der Waals surface area contributed by atoms with Crippen molar-refractivity contribution in [3.05, 3.63) is 93.0 Å². The van der Waals surface area contributed by atoms with E-state index in [0.717, 1.165) is 26.8 Å². The smallest absolute Gasteiger partial charge is 0.217 e. The fraction of sp³-hybridized carbons (Fsp3) is 0.333. The zero-order valence-corrected chi connectivity index (χ0v) is 24.1. The molecule has 4 aromatic rings. The second-order valence-corrected chi connectivity index (χ2v) is 10.8. The van der Waals surface area contributed by atoms with Crippen LogP contribution in [0.1, 0.15) is 40.4 Å². The summed E-state index contributed by atoms with van der Waals surface area (Å²) in [6, 6.07) is 16.4. The van der Waals surface area contributed by atoms with Gasteiger partial charge in [-0.05, 0) is 82.4 Å². The number of hydrogen-bond donors (Lipinski definition) is 1. The van der Waals surface area contributed by atoms with Crippen LogP contribution >= 0.6 is 15.9 Å². The lowest BCUT2D eigenvalue weighted by Gasteiger charge is -2.39. The zero-order chi connectivity index (χ0) is 27.6. The highest BCUT2D eigenvalue weighted by Gasteiger charge is 2.44. The molecule has 6 nitrogen and oxygen atoms in total. The molecule has 1 N–H and O–H groups in total. The number of fused-ring (bicyclic) bond motifs is 1. The molecular weight excluding hydrogens is 549 g/mol. The van der Waals surface area contributed by atoms with E-state index in [2.05, 4.69) is 20.9 Å². The number of hydrogen-bond acceptors (Lipinski definition) is 6. The maximum absolute atomic E-state index is 16.1. The number of nitrogens with zero attached hydrogens (tertiary/aromatic N) is 3. The van der Waals surface area contributed by atoms with Gasteiger partial charge in [0.05, 0.1) is 25.7 Å². The van der Waals surface area contributed by atoms with Crippen molar-refractivity contribution in [1.82, 2.24) is 14.9 Å². The summed E-state index contributed by atoms with van der Waals surface area (Å²) in [5.41, 5.74) is 2.20. The lowest BCUT2D eigenvalue weighted by Crippen LogP contribution is -2.38. The predicted molar refractivity (Wildman–Crippen MR) is 152 cm³/mol. The molecule has 200 valence electrons. The average molecular weight is 583 g/mol. The minimum absolute atomic E-state index is 0.0972. The summed E-state index contributed by atoms with van der Waals surface area (Å²) < 4.78 is 28.1. The Kier molecular flexibility index (Phi) is 8.35. The van der Waals surface area contributed by atoms with Crippen molar-refractivity contribution in [2.45, 2.75) is 31.8 Å². The van der Waals surface area contributed by atoms with Crippen molar-refractivity contribution >= 4 is 26.8 Å². The van der Waals surface area contributed by atoms with E-state index in [-0.39, 0.29) is 11.3 Å². The topological polar surface area (TPSA) is 67.7 Å². The molecule has 4 rings (SSSR count). The molecule has 0 fully saturated rings. The number of rotatable bonds is 9. The third-order valence-corrected chi connectivity index (χ3v) is 7.29. The van der Waals surface area contributed by atoms with Crippen LogP contribution in [0.2, 0.25) is 0 Å². The van der Waals surface area contributed by atoms with E-state index < -0.39 is 17.3 Å². The Hall–Kier alpha value is -3.07. The van der Waals surface area contributed by atoms with Gasteiger partial charge in [-0.3, -0.25) is 4.98 Å². The first kappa shape index (κ1) is 28.0. The van der Waals surface area contributed by atoms with E-state index >= 15 is 4.39 Å². The van der Waals surface area contributed by atoms with Crippen LogP contribution in [0, 0.1) is 19.7 Å². The van der Waals surface area contributed by atoms with Crippen molar-refractivity contribution in [3.63, 3.8) is 0 Å². The highest BCUT2D eigenvalue weighted by molar-refractivity contribution is 9.10. The second-order valence-electron chi connectivity index (χ2n) is 9.84. The Balaban J connectivity index is 2.11. The molecule has 2 heterocycles.